The average Bonchev–Trinajstić information content (AvgIpc) is 2.34. The van der Waals surface area contributed by atoms with E-state index in [1.165, 1.54) is 6.07 Å². The molecule has 1 aromatic carbocycles. The van der Waals surface area contributed by atoms with Crippen molar-refractivity contribution in [2.24, 2.45) is 0 Å². The number of nitrogens with one attached hydrogen (secondary N) is 1. The van der Waals surface area contributed by atoms with Crippen molar-refractivity contribution in [2.75, 3.05) is 12.3 Å². The van der Waals surface area contributed by atoms with Crippen LogP contribution in [0, 0.1) is 11.3 Å². The van der Waals surface area contributed by atoms with Crippen molar-refractivity contribution in [1.29, 1.82) is 5.26 Å². The summed E-state index contributed by atoms with van der Waals surface area (Å²) in [6.45, 7) is -0.131. The van der Waals surface area contributed by atoms with Crippen LogP contribution in [0.2, 0.25) is 5.02 Å². The molecule has 1 N–H and O–H groups in total. The Morgan fingerprint density at radius 2 is 2.16 bits per heavy atom. The van der Waals surface area contributed by atoms with Crippen LogP contribution >= 0.6 is 23.4 Å². The van der Waals surface area contributed by atoms with Gasteiger partial charge >= 0.3 is 6.18 Å². The van der Waals surface area contributed by atoms with Crippen LogP contribution in [0.5, 0.6) is 0 Å². The van der Waals surface area contributed by atoms with Crippen molar-refractivity contribution in [3.05, 3.63) is 28.8 Å². The van der Waals surface area contributed by atoms with Crippen molar-refractivity contribution in [1.82, 2.24) is 5.32 Å². The quantitative estimate of drug-likeness (QED) is 0.687. The molecular weight excluding hydrogens is 301 g/mol. The van der Waals surface area contributed by atoms with Crippen molar-refractivity contribution in [3.8, 4) is 6.07 Å². The first-order valence-corrected chi connectivity index (χ1v) is 6.34. The third-order valence-corrected chi connectivity index (χ3v) is 3.30. The van der Waals surface area contributed by atoms with Gasteiger partial charge in [0.2, 0.25) is 5.91 Å². The van der Waals surface area contributed by atoms with E-state index in [9.17, 15) is 18.0 Å². The van der Waals surface area contributed by atoms with Crippen molar-refractivity contribution in [2.45, 2.75) is 11.1 Å². The molecule has 0 bridgehead atoms. The molecular formula is C11H8ClF3N2OS. The molecule has 0 radical (unpaired) electrons. The predicted molar refractivity (Wildman–Crippen MR) is 65.8 cm³/mol. The zero-order chi connectivity index (χ0) is 14.5. The Morgan fingerprint density at radius 3 is 2.74 bits per heavy atom. The third-order valence-electron chi connectivity index (χ3n) is 1.98. The molecule has 0 heterocycles. The summed E-state index contributed by atoms with van der Waals surface area (Å²) in [6, 6.07) is 5.16. The van der Waals surface area contributed by atoms with Crippen LogP contribution in [0.1, 0.15) is 5.56 Å². The lowest BCUT2D eigenvalue weighted by atomic mass is 10.2. The van der Waals surface area contributed by atoms with Gasteiger partial charge in [0.15, 0.2) is 0 Å². The second-order valence-electron chi connectivity index (χ2n) is 3.36. The van der Waals surface area contributed by atoms with E-state index in [0.29, 0.717) is 0 Å². The number of rotatable bonds is 4. The molecule has 0 atom stereocenters. The van der Waals surface area contributed by atoms with E-state index in [0.717, 1.165) is 23.9 Å². The lowest BCUT2D eigenvalue weighted by Gasteiger charge is -2.10. The van der Waals surface area contributed by atoms with Crippen molar-refractivity contribution in [3.63, 3.8) is 0 Å². The molecule has 3 nitrogen and oxygen atoms in total. The molecule has 0 fully saturated rings. The Bertz CT molecular complexity index is 514. The van der Waals surface area contributed by atoms with Crippen LogP contribution < -0.4 is 5.32 Å². The minimum atomic E-state index is -4.53. The lowest BCUT2D eigenvalue weighted by Crippen LogP contribution is -2.25. The number of carbonyl (C=O) groups excluding carboxylic acids is 1. The SMILES string of the molecule is N#CCNC(=O)CSc1ccc(Cl)c(C(F)(F)F)c1. The molecule has 102 valence electrons. The highest BCUT2D eigenvalue weighted by atomic mass is 35.5. The van der Waals surface area contributed by atoms with Gasteiger partial charge in [-0.05, 0) is 18.2 Å². The summed E-state index contributed by atoms with van der Waals surface area (Å²) in [7, 11) is 0. The summed E-state index contributed by atoms with van der Waals surface area (Å²) in [4.78, 5) is 11.5. The van der Waals surface area contributed by atoms with E-state index in [2.05, 4.69) is 5.32 Å². The van der Waals surface area contributed by atoms with Crippen LogP contribution in [-0.4, -0.2) is 18.2 Å². The molecule has 0 aliphatic carbocycles. The van der Waals surface area contributed by atoms with Gasteiger partial charge in [-0.1, -0.05) is 11.6 Å². The minimum Gasteiger partial charge on any atom is -0.342 e. The topological polar surface area (TPSA) is 52.9 Å². The van der Waals surface area contributed by atoms with E-state index >= 15 is 0 Å². The van der Waals surface area contributed by atoms with Gasteiger partial charge in [-0.15, -0.1) is 11.8 Å². The Kier molecular flexibility index (Phi) is 5.51. The van der Waals surface area contributed by atoms with Crippen molar-refractivity contribution < 1.29 is 18.0 Å². The zero-order valence-corrected chi connectivity index (χ0v) is 11.0. The summed E-state index contributed by atoms with van der Waals surface area (Å²) in [5.41, 5.74) is -0.934. The highest BCUT2D eigenvalue weighted by Crippen LogP contribution is 2.36. The third kappa shape index (κ3) is 5.01. The van der Waals surface area contributed by atoms with Crippen LogP contribution in [0.4, 0.5) is 13.2 Å². The maximum Gasteiger partial charge on any atom is 0.417 e. The summed E-state index contributed by atoms with van der Waals surface area (Å²) in [5.74, 6) is -0.490. The van der Waals surface area contributed by atoms with Gasteiger partial charge in [-0.2, -0.15) is 18.4 Å². The van der Waals surface area contributed by atoms with Gasteiger partial charge in [0.1, 0.15) is 6.54 Å². The molecule has 0 spiro atoms. The van der Waals surface area contributed by atoms with Gasteiger partial charge in [-0.3, -0.25) is 4.79 Å². The number of amides is 1. The predicted octanol–water partition coefficient (Wildman–Crippen LogP) is 3.09. The first-order valence-electron chi connectivity index (χ1n) is 4.98. The number of nitrogens with zero attached hydrogens (tertiary/aromatic N) is 1. The average molecular weight is 309 g/mol. The number of nitriles is 1. The van der Waals surface area contributed by atoms with E-state index in [1.807, 2.05) is 0 Å². The van der Waals surface area contributed by atoms with Gasteiger partial charge < -0.3 is 5.32 Å². The maximum atomic E-state index is 12.6. The number of carbonyl (C=O) groups is 1. The van der Waals surface area contributed by atoms with E-state index in [1.54, 1.807) is 6.07 Å². The summed E-state index contributed by atoms with van der Waals surface area (Å²) >= 11 is 6.41. The number of benzene rings is 1. The molecule has 0 saturated heterocycles. The summed E-state index contributed by atoms with van der Waals surface area (Å²) in [5, 5.41) is 10.2. The Hall–Kier alpha value is -1.39. The van der Waals surface area contributed by atoms with Crippen LogP contribution in [-0.2, 0) is 11.0 Å². The van der Waals surface area contributed by atoms with Gasteiger partial charge in [-0.25, -0.2) is 0 Å². The first kappa shape index (κ1) is 15.7. The Labute approximate surface area is 116 Å². The standard InChI is InChI=1S/C11H8ClF3N2OS/c12-9-2-1-7(5-8(9)11(13,14)15)19-6-10(18)17-4-3-16/h1-2,5H,4,6H2,(H,17,18). The summed E-state index contributed by atoms with van der Waals surface area (Å²) in [6.07, 6.45) is -4.53. The molecule has 8 heteroatoms. The molecule has 0 saturated carbocycles. The van der Waals surface area contributed by atoms with Gasteiger partial charge in [0, 0.05) is 4.90 Å². The largest absolute Gasteiger partial charge is 0.417 e. The van der Waals surface area contributed by atoms with Crippen LogP contribution in [0.15, 0.2) is 23.1 Å². The molecule has 0 aromatic heterocycles. The smallest absolute Gasteiger partial charge is 0.342 e. The molecule has 1 amide bonds. The normalized spacial score (nSPS) is 10.9. The van der Waals surface area contributed by atoms with E-state index in [-0.39, 0.29) is 22.2 Å². The lowest BCUT2D eigenvalue weighted by molar-refractivity contribution is -0.137. The molecule has 0 aliphatic heterocycles. The number of halogens is 4. The van der Waals surface area contributed by atoms with Gasteiger partial charge in [0.25, 0.3) is 0 Å². The molecule has 0 unspecified atom stereocenters. The maximum absolute atomic E-state index is 12.6. The molecule has 0 aliphatic rings. The fraction of sp³-hybridized carbons (Fsp3) is 0.273. The van der Waals surface area contributed by atoms with Crippen LogP contribution in [0.3, 0.4) is 0 Å². The highest BCUT2D eigenvalue weighted by molar-refractivity contribution is 8.00. The van der Waals surface area contributed by atoms with Gasteiger partial charge in [0.05, 0.1) is 22.4 Å². The Balaban J connectivity index is 2.71. The number of hydrogen-bond donors (Lipinski definition) is 1. The fourth-order valence-electron chi connectivity index (χ4n) is 1.15. The molecule has 1 rings (SSSR count). The summed E-state index contributed by atoms with van der Waals surface area (Å²) < 4.78 is 37.8. The van der Waals surface area contributed by atoms with E-state index < -0.39 is 17.6 Å². The number of thioether (sulfide) groups is 1. The first-order chi connectivity index (χ1) is 8.84. The van der Waals surface area contributed by atoms with Crippen LogP contribution in [0.25, 0.3) is 0 Å². The number of hydrogen-bond acceptors (Lipinski definition) is 3. The molecule has 1 aromatic rings. The van der Waals surface area contributed by atoms with Crippen molar-refractivity contribution >= 4 is 29.3 Å². The zero-order valence-electron chi connectivity index (χ0n) is 9.42. The number of alkyl halides is 3. The minimum absolute atomic E-state index is 0.0688. The second-order valence-corrected chi connectivity index (χ2v) is 4.82. The highest BCUT2D eigenvalue weighted by Gasteiger charge is 2.33. The van der Waals surface area contributed by atoms with E-state index in [4.69, 9.17) is 16.9 Å². The fourth-order valence-corrected chi connectivity index (χ4v) is 2.14. The monoisotopic (exact) mass is 308 g/mol. The second kappa shape index (κ2) is 6.68. The Morgan fingerprint density at radius 1 is 1.47 bits per heavy atom. The molecule has 19 heavy (non-hydrogen) atoms.